The first-order chi connectivity index (χ1) is 13.1. The molecule has 1 heterocycles. The van der Waals surface area contributed by atoms with Crippen LogP contribution in [-0.2, 0) is 16.1 Å². The van der Waals surface area contributed by atoms with Gasteiger partial charge in [0.2, 0.25) is 0 Å². The van der Waals surface area contributed by atoms with E-state index in [1.807, 2.05) is 53.4 Å². The monoisotopic (exact) mass is 370 g/mol. The number of benzene rings is 2. The minimum absolute atomic E-state index is 0.478. The lowest BCUT2D eigenvalue weighted by atomic mass is 10.0. The summed E-state index contributed by atoms with van der Waals surface area (Å²) in [4.78, 5) is 16.3. The lowest BCUT2D eigenvalue weighted by Gasteiger charge is -2.39. The smallest absolute Gasteiger partial charge is 0.325 e. The zero-order valence-electron chi connectivity index (χ0n) is 15.8. The summed E-state index contributed by atoms with van der Waals surface area (Å²) in [6.45, 7) is 3.43. The molecular formula is C21H26N2O4. The Labute approximate surface area is 159 Å². The van der Waals surface area contributed by atoms with Crippen molar-refractivity contribution in [2.24, 2.45) is 0 Å². The minimum Gasteiger partial charge on any atom is -0.497 e. The third-order valence-corrected chi connectivity index (χ3v) is 4.93. The summed E-state index contributed by atoms with van der Waals surface area (Å²) < 4.78 is 10.4. The number of carboxylic acid groups (broad SMARTS) is 1. The highest BCUT2D eigenvalue weighted by atomic mass is 16.5. The van der Waals surface area contributed by atoms with Crippen molar-refractivity contribution in [3.05, 3.63) is 59.7 Å². The Morgan fingerprint density at radius 1 is 1.07 bits per heavy atom. The Kier molecular flexibility index (Phi) is 6.32. The fourth-order valence-electron chi connectivity index (χ4n) is 3.56. The van der Waals surface area contributed by atoms with Crippen LogP contribution in [0.4, 0.5) is 5.69 Å². The molecule has 1 atom stereocenters. The van der Waals surface area contributed by atoms with E-state index in [0.29, 0.717) is 19.7 Å². The molecule has 0 unspecified atom stereocenters. The summed E-state index contributed by atoms with van der Waals surface area (Å²) in [6, 6.07) is 15.0. The van der Waals surface area contributed by atoms with E-state index in [2.05, 4.69) is 4.90 Å². The van der Waals surface area contributed by atoms with Crippen LogP contribution in [0.15, 0.2) is 48.5 Å². The predicted molar refractivity (Wildman–Crippen MR) is 104 cm³/mol. The van der Waals surface area contributed by atoms with Crippen molar-refractivity contribution in [2.75, 3.05) is 45.3 Å². The number of ether oxygens (including phenoxy) is 2. The lowest BCUT2D eigenvalue weighted by Crippen LogP contribution is -2.49. The molecule has 0 bridgehead atoms. The largest absolute Gasteiger partial charge is 0.497 e. The van der Waals surface area contributed by atoms with Gasteiger partial charge in [0.25, 0.3) is 0 Å². The van der Waals surface area contributed by atoms with Crippen molar-refractivity contribution in [3.63, 3.8) is 0 Å². The molecule has 0 amide bonds. The molecule has 6 nitrogen and oxygen atoms in total. The minimum atomic E-state index is -0.817. The van der Waals surface area contributed by atoms with Crippen LogP contribution < -0.4 is 9.64 Å². The Bertz CT molecular complexity index is 755. The quantitative estimate of drug-likeness (QED) is 0.809. The number of methoxy groups -OCH3 is 2. The maximum atomic E-state index is 12.0. The molecule has 2 aromatic carbocycles. The molecule has 1 aliphatic heterocycles. The first kappa shape index (κ1) is 19.2. The van der Waals surface area contributed by atoms with Crippen LogP contribution in [-0.4, -0.2) is 56.4 Å². The Morgan fingerprint density at radius 2 is 1.78 bits per heavy atom. The van der Waals surface area contributed by atoms with E-state index in [9.17, 15) is 9.90 Å². The molecular weight excluding hydrogens is 344 g/mol. The zero-order chi connectivity index (χ0) is 19.2. The standard InChI is InChI=1S/C21H26N2O4/c1-26-15-16-4-3-5-17(14-16)20(21(24)25)23-12-10-22(11-13-23)18-6-8-19(27-2)9-7-18/h3-9,14,20H,10-13,15H2,1-2H3,(H,24,25)/t20-/m1/s1. The molecule has 27 heavy (non-hydrogen) atoms. The van der Waals surface area contributed by atoms with Crippen LogP contribution in [0.3, 0.4) is 0 Å². The van der Waals surface area contributed by atoms with Crippen molar-refractivity contribution in [2.45, 2.75) is 12.6 Å². The van der Waals surface area contributed by atoms with Crippen molar-refractivity contribution < 1.29 is 19.4 Å². The average Bonchev–Trinajstić information content (AvgIpc) is 2.69. The van der Waals surface area contributed by atoms with Gasteiger partial charge < -0.3 is 19.5 Å². The van der Waals surface area contributed by atoms with E-state index in [4.69, 9.17) is 9.47 Å². The number of carboxylic acids is 1. The van der Waals surface area contributed by atoms with E-state index < -0.39 is 12.0 Å². The number of anilines is 1. The second-order valence-corrected chi connectivity index (χ2v) is 6.64. The molecule has 1 fully saturated rings. The van der Waals surface area contributed by atoms with Crippen LogP contribution in [0, 0.1) is 0 Å². The maximum absolute atomic E-state index is 12.0. The Morgan fingerprint density at radius 3 is 2.37 bits per heavy atom. The highest BCUT2D eigenvalue weighted by molar-refractivity contribution is 5.75. The van der Waals surface area contributed by atoms with E-state index in [1.165, 1.54) is 0 Å². The van der Waals surface area contributed by atoms with Gasteiger partial charge in [-0.3, -0.25) is 9.69 Å². The second kappa shape index (κ2) is 8.88. The summed E-state index contributed by atoms with van der Waals surface area (Å²) in [5.74, 6) is 0.0155. The number of carbonyl (C=O) groups is 1. The van der Waals surface area contributed by atoms with Crippen molar-refractivity contribution in [3.8, 4) is 5.75 Å². The van der Waals surface area contributed by atoms with Crippen LogP contribution in [0.25, 0.3) is 0 Å². The van der Waals surface area contributed by atoms with Crippen LogP contribution in [0.1, 0.15) is 17.2 Å². The molecule has 0 saturated carbocycles. The number of rotatable bonds is 7. The third-order valence-electron chi connectivity index (χ3n) is 4.93. The third kappa shape index (κ3) is 4.59. The van der Waals surface area contributed by atoms with Gasteiger partial charge in [-0.05, 0) is 35.4 Å². The molecule has 6 heteroatoms. The maximum Gasteiger partial charge on any atom is 0.325 e. The topological polar surface area (TPSA) is 62.2 Å². The molecule has 0 aromatic heterocycles. The molecule has 2 aromatic rings. The van der Waals surface area contributed by atoms with Gasteiger partial charge >= 0.3 is 5.97 Å². The highest BCUT2D eigenvalue weighted by Gasteiger charge is 2.30. The van der Waals surface area contributed by atoms with Gasteiger partial charge in [-0.15, -0.1) is 0 Å². The fraction of sp³-hybridized carbons (Fsp3) is 0.381. The van der Waals surface area contributed by atoms with Crippen molar-refractivity contribution in [1.29, 1.82) is 0 Å². The van der Waals surface area contributed by atoms with Crippen LogP contribution >= 0.6 is 0 Å². The number of hydrogen-bond acceptors (Lipinski definition) is 5. The van der Waals surface area contributed by atoms with Crippen molar-refractivity contribution >= 4 is 11.7 Å². The fourth-order valence-corrected chi connectivity index (χ4v) is 3.56. The second-order valence-electron chi connectivity index (χ2n) is 6.64. The summed E-state index contributed by atoms with van der Waals surface area (Å²) in [5.41, 5.74) is 2.91. The van der Waals surface area contributed by atoms with Gasteiger partial charge in [-0.1, -0.05) is 24.3 Å². The van der Waals surface area contributed by atoms with Gasteiger partial charge in [-0.2, -0.15) is 0 Å². The molecule has 1 aliphatic rings. The summed E-state index contributed by atoms with van der Waals surface area (Å²) >= 11 is 0. The number of hydrogen-bond donors (Lipinski definition) is 1. The van der Waals surface area contributed by atoms with Crippen LogP contribution in [0.2, 0.25) is 0 Å². The SMILES string of the molecule is COCc1cccc([C@H](C(=O)O)N2CCN(c3ccc(OC)cc3)CC2)c1. The Balaban J connectivity index is 1.70. The van der Waals surface area contributed by atoms with E-state index >= 15 is 0 Å². The van der Waals surface area contributed by atoms with Crippen molar-refractivity contribution in [1.82, 2.24) is 4.90 Å². The molecule has 144 valence electrons. The molecule has 3 rings (SSSR count). The molecule has 1 N–H and O–H groups in total. The molecule has 0 spiro atoms. The zero-order valence-corrected chi connectivity index (χ0v) is 15.8. The van der Waals surface area contributed by atoms with E-state index in [1.54, 1.807) is 14.2 Å². The Hall–Kier alpha value is -2.57. The van der Waals surface area contributed by atoms with Gasteiger partial charge in [0, 0.05) is 39.0 Å². The summed E-state index contributed by atoms with van der Waals surface area (Å²) in [6.07, 6.45) is 0. The highest BCUT2D eigenvalue weighted by Crippen LogP contribution is 2.26. The normalized spacial score (nSPS) is 16.1. The van der Waals surface area contributed by atoms with Gasteiger partial charge in [0.1, 0.15) is 11.8 Å². The van der Waals surface area contributed by atoms with E-state index in [-0.39, 0.29) is 0 Å². The van der Waals surface area contributed by atoms with Crippen LogP contribution in [0.5, 0.6) is 5.75 Å². The number of nitrogens with zero attached hydrogens (tertiary/aromatic N) is 2. The number of aliphatic carboxylic acids is 1. The first-order valence-corrected chi connectivity index (χ1v) is 9.06. The van der Waals surface area contributed by atoms with E-state index in [0.717, 1.165) is 35.7 Å². The average molecular weight is 370 g/mol. The molecule has 1 saturated heterocycles. The molecule has 0 radical (unpaired) electrons. The molecule has 0 aliphatic carbocycles. The predicted octanol–water partition coefficient (Wildman–Crippen LogP) is 2.79. The number of piperazine rings is 1. The van der Waals surface area contributed by atoms with Gasteiger partial charge in [-0.25, -0.2) is 0 Å². The lowest BCUT2D eigenvalue weighted by molar-refractivity contribution is -0.143. The summed E-state index contributed by atoms with van der Waals surface area (Å²) in [5, 5.41) is 9.84. The van der Waals surface area contributed by atoms with Gasteiger partial charge in [0.15, 0.2) is 0 Å². The summed E-state index contributed by atoms with van der Waals surface area (Å²) in [7, 11) is 3.29. The van der Waals surface area contributed by atoms with Gasteiger partial charge in [0.05, 0.1) is 13.7 Å². The first-order valence-electron chi connectivity index (χ1n) is 9.06.